The molecule has 0 fully saturated rings. The van der Waals surface area contributed by atoms with Crippen LogP contribution in [0.5, 0.6) is 0 Å². The van der Waals surface area contributed by atoms with Crippen molar-refractivity contribution in [2.75, 3.05) is 5.32 Å². The van der Waals surface area contributed by atoms with Crippen LogP contribution in [0.15, 0.2) is 82.0 Å². The second-order valence-electron chi connectivity index (χ2n) is 7.58. The van der Waals surface area contributed by atoms with Gasteiger partial charge in [0.2, 0.25) is 11.7 Å². The molecule has 5 aromatic rings. The summed E-state index contributed by atoms with van der Waals surface area (Å²) in [6.45, 7) is 1.52. The van der Waals surface area contributed by atoms with Crippen molar-refractivity contribution in [1.82, 2.24) is 15.0 Å². The summed E-state index contributed by atoms with van der Waals surface area (Å²) in [6, 6.07) is 20.8. The number of furan rings is 1. The summed E-state index contributed by atoms with van der Waals surface area (Å²) in [7, 11) is 0. The molecule has 2 aromatic heterocycles. The Morgan fingerprint density at radius 2 is 1.73 bits per heavy atom. The fourth-order valence-electron chi connectivity index (χ4n) is 3.70. The maximum atomic E-state index is 12.8. The van der Waals surface area contributed by atoms with Gasteiger partial charge >= 0.3 is 0 Å². The Balaban J connectivity index is 1.39. The smallest absolute Gasteiger partial charge is 0.278 e. The second-order valence-corrected chi connectivity index (χ2v) is 7.58. The van der Waals surface area contributed by atoms with Gasteiger partial charge in [-0.3, -0.25) is 14.4 Å². The van der Waals surface area contributed by atoms with Crippen molar-refractivity contribution in [3.63, 3.8) is 0 Å². The van der Waals surface area contributed by atoms with Crippen LogP contribution in [0.25, 0.3) is 21.9 Å². The number of nitrogens with one attached hydrogen (secondary N) is 1. The maximum absolute atomic E-state index is 12.8. The molecule has 5 rings (SSSR count). The minimum absolute atomic E-state index is 0.205. The number of hydrogen-bond acceptors (Lipinski definition) is 6. The van der Waals surface area contributed by atoms with E-state index in [-0.39, 0.29) is 23.6 Å². The molecule has 0 aliphatic rings. The molecule has 0 aliphatic carbocycles. The van der Waals surface area contributed by atoms with Crippen molar-refractivity contribution in [1.29, 1.82) is 0 Å². The molecule has 0 aliphatic heterocycles. The summed E-state index contributed by atoms with van der Waals surface area (Å²) < 4.78 is 6.83. The minimum Gasteiger partial charge on any atom is -0.452 e. The lowest BCUT2D eigenvalue weighted by atomic mass is 10.0. The number of hydrogen-bond donors (Lipinski definition) is 1. The Bertz CT molecular complexity index is 1590. The molecule has 1 N–H and O–H groups in total. The number of aromatic nitrogens is 3. The first-order chi connectivity index (χ1) is 16.0. The molecule has 3 aromatic carbocycles. The summed E-state index contributed by atoms with van der Waals surface area (Å²) in [6.07, 6.45) is 0. The van der Waals surface area contributed by atoms with Gasteiger partial charge in [0.15, 0.2) is 5.76 Å². The van der Waals surface area contributed by atoms with Crippen LogP contribution in [0, 0.1) is 6.92 Å². The first kappa shape index (κ1) is 20.3. The molecule has 0 bridgehead atoms. The van der Waals surface area contributed by atoms with Crippen molar-refractivity contribution >= 4 is 39.2 Å². The fraction of sp³-hybridized carbons (Fsp3) is 0.0800. The highest BCUT2D eigenvalue weighted by atomic mass is 16.3. The molecule has 0 saturated heterocycles. The van der Waals surface area contributed by atoms with Gasteiger partial charge in [-0.15, -0.1) is 5.10 Å². The van der Waals surface area contributed by atoms with Gasteiger partial charge in [0.1, 0.15) is 17.6 Å². The van der Waals surface area contributed by atoms with Crippen molar-refractivity contribution < 1.29 is 14.0 Å². The Morgan fingerprint density at radius 3 is 2.55 bits per heavy atom. The number of aryl methyl sites for hydroxylation is 1. The van der Waals surface area contributed by atoms with Crippen molar-refractivity contribution in [2.45, 2.75) is 13.5 Å². The van der Waals surface area contributed by atoms with Gasteiger partial charge < -0.3 is 9.73 Å². The molecule has 0 saturated carbocycles. The van der Waals surface area contributed by atoms with Crippen LogP contribution < -0.4 is 10.9 Å². The average molecular weight is 438 g/mol. The van der Waals surface area contributed by atoms with E-state index < -0.39 is 5.91 Å². The molecule has 8 heteroatoms. The first-order valence-corrected chi connectivity index (χ1v) is 10.3. The van der Waals surface area contributed by atoms with E-state index in [1.54, 1.807) is 73.7 Å². The maximum Gasteiger partial charge on any atom is 0.278 e. The summed E-state index contributed by atoms with van der Waals surface area (Å²) in [5.74, 6) is -0.371. The standard InChI is InChI=1S/C25H18N4O4/c1-15-19-13-17(11-12-21(19)33-24(15)23(31)16-7-3-2-4-8-16)26-22(30)14-29-25(32)18-9-5-6-10-20(18)27-28-29/h2-13H,14H2,1H3,(H,26,30). The van der Waals surface area contributed by atoms with E-state index in [9.17, 15) is 14.4 Å². The van der Waals surface area contributed by atoms with Crippen LogP contribution in [0.3, 0.4) is 0 Å². The second kappa shape index (κ2) is 8.16. The number of anilines is 1. The number of carbonyl (C=O) groups excluding carboxylic acids is 2. The zero-order valence-electron chi connectivity index (χ0n) is 17.6. The number of rotatable bonds is 5. The SMILES string of the molecule is Cc1c(C(=O)c2ccccc2)oc2ccc(NC(=O)Cn3nnc4ccccc4c3=O)cc12. The van der Waals surface area contributed by atoms with Crippen LogP contribution in [-0.2, 0) is 11.3 Å². The number of carbonyl (C=O) groups is 2. The first-order valence-electron chi connectivity index (χ1n) is 10.3. The highest BCUT2D eigenvalue weighted by molar-refractivity contribution is 6.10. The molecule has 0 unspecified atom stereocenters. The minimum atomic E-state index is -0.428. The fourth-order valence-corrected chi connectivity index (χ4v) is 3.70. The van der Waals surface area contributed by atoms with E-state index >= 15 is 0 Å². The van der Waals surface area contributed by atoms with Gasteiger partial charge in [0, 0.05) is 22.2 Å². The van der Waals surface area contributed by atoms with Crippen LogP contribution in [-0.4, -0.2) is 26.7 Å². The number of nitrogens with zero attached hydrogens (tertiary/aromatic N) is 3. The number of fused-ring (bicyclic) bond motifs is 2. The average Bonchev–Trinajstić information content (AvgIpc) is 3.17. The Morgan fingerprint density at radius 1 is 0.970 bits per heavy atom. The van der Waals surface area contributed by atoms with Crippen LogP contribution in [0.4, 0.5) is 5.69 Å². The monoisotopic (exact) mass is 438 g/mol. The van der Waals surface area contributed by atoms with Crippen LogP contribution in [0.2, 0.25) is 0 Å². The Labute approximate surface area is 187 Å². The van der Waals surface area contributed by atoms with E-state index in [0.29, 0.717) is 33.3 Å². The summed E-state index contributed by atoms with van der Waals surface area (Å²) in [4.78, 5) is 37.9. The molecule has 162 valence electrons. The van der Waals surface area contributed by atoms with Crippen molar-refractivity contribution in [3.05, 3.63) is 100 Å². The Kier molecular flexibility index (Phi) is 5.02. The van der Waals surface area contributed by atoms with Gasteiger partial charge in [0.25, 0.3) is 5.56 Å². The highest BCUT2D eigenvalue weighted by Crippen LogP contribution is 2.29. The van der Waals surface area contributed by atoms with E-state index in [2.05, 4.69) is 15.6 Å². The largest absolute Gasteiger partial charge is 0.452 e. The number of amides is 1. The Hall–Kier alpha value is -4.59. The van der Waals surface area contributed by atoms with E-state index in [1.165, 1.54) is 0 Å². The molecular weight excluding hydrogens is 420 g/mol. The lowest BCUT2D eigenvalue weighted by Crippen LogP contribution is -2.30. The van der Waals surface area contributed by atoms with Gasteiger partial charge in [0.05, 0.1) is 5.39 Å². The zero-order valence-corrected chi connectivity index (χ0v) is 17.6. The number of ketones is 1. The molecular formula is C25H18N4O4. The molecule has 0 spiro atoms. The van der Waals surface area contributed by atoms with Crippen LogP contribution in [0.1, 0.15) is 21.7 Å². The number of benzene rings is 3. The van der Waals surface area contributed by atoms with Gasteiger partial charge in [-0.05, 0) is 37.3 Å². The van der Waals surface area contributed by atoms with E-state index in [4.69, 9.17) is 4.42 Å². The van der Waals surface area contributed by atoms with E-state index in [0.717, 1.165) is 10.1 Å². The predicted molar refractivity (Wildman–Crippen MR) is 123 cm³/mol. The molecule has 2 heterocycles. The molecule has 8 nitrogen and oxygen atoms in total. The molecule has 0 atom stereocenters. The quantitative estimate of drug-likeness (QED) is 0.419. The lowest BCUT2D eigenvalue weighted by molar-refractivity contribution is -0.117. The summed E-state index contributed by atoms with van der Waals surface area (Å²) >= 11 is 0. The molecule has 0 radical (unpaired) electrons. The third-order valence-corrected chi connectivity index (χ3v) is 5.38. The van der Waals surface area contributed by atoms with E-state index in [1.807, 2.05) is 6.07 Å². The van der Waals surface area contributed by atoms with Crippen LogP contribution >= 0.6 is 0 Å². The van der Waals surface area contributed by atoms with Gasteiger partial charge in [-0.1, -0.05) is 47.7 Å². The van der Waals surface area contributed by atoms with Gasteiger partial charge in [-0.2, -0.15) is 0 Å². The van der Waals surface area contributed by atoms with Crippen molar-refractivity contribution in [2.24, 2.45) is 0 Å². The topological polar surface area (TPSA) is 107 Å². The van der Waals surface area contributed by atoms with Crippen molar-refractivity contribution in [3.8, 4) is 0 Å². The summed E-state index contributed by atoms with van der Waals surface area (Å²) in [5.41, 5.74) is 2.36. The predicted octanol–water partition coefficient (Wildman–Crippen LogP) is 3.72. The summed E-state index contributed by atoms with van der Waals surface area (Å²) in [5, 5.41) is 11.7. The normalized spacial score (nSPS) is 11.1. The lowest BCUT2D eigenvalue weighted by Gasteiger charge is -2.07. The van der Waals surface area contributed by atoms with Gasteiger partial charge in [-0.25, -0.2) is 4.68 Å². The molecule has 1 amide bonds. The third-order valence-electron chi connectivity index (χ3n) is 5.38. The molecule has 33 heavy (non-hydrogen) atoms. The third kappa shape index (κ3) is 3.78. The highest BCUT2D eigenvalue weighted by Gasteiger charge is 2.19. The zero-order chi connectivity index (χ0) is 22.9.